The Balaban J connectivity index is 1.56. The predicted octanol–water partition coefficient (Wildman–Crippen LogP) is -0.116. The zero-order chi connectivity index (χ0) is 16.6. The smallest absolute Gasteiger partial charge is 0.325 e. The van der Waals surface area contributed by atoms with Gasteiger partial charge in [0, 0.05) is 25.4 Å². The van der Waals surface area contributed by atoms with Gasteiger partial charge in [0.2, 0.25) is 0 Å². The fourth-order valence-electron chi connectivity index (χ4n) is 3.67. The van der Waals surface area contributed by atoms with Crippen LogP contribution in [0.3, 0.4) is 0 Å². The Morgan fingerprint density at radius 3 is 2.65 bits per heavy atom. The van der Waals surface area contributed by atoms with Crippen LogP contribution >= 0.6 is 11.8 Å². The van der Waals surface area contributed by atoms with Crippen LogP contribution in [0.15, 0.2) is 0 Å². The van der Waals surface area contributed by atoms with Gasteiger partial charge in [0.15, 0.2) is 0 Å². The van der Waals surface area contributed by atoms with Crippen molar-refractivity contribution < 1.29 is 19.4 Å². The summed E-state index contributed by atoms with van der Waals surface area (Å²) in [6.45, 7) is 6.01. The molecule has 3 amide bonds. The van der Waals surface area contributed by atoms with E-state index in [0.29, 0.717) is 18.7 Å². The number of nitrogens with one attached hydrogen (secondary N) is 1. The monoisotopic (exact) mass is 343 g/mol. The molecule has 0 bridgehead atoms. The summed E-state index contributed by atoms with van der Waals surface area (Å²) >= 11 is 1.68. The first-order valence-corrected chi connectivity index (χ1v) is 9.33. The third kappa shape index (κ3) is 3.50. The maximum Gasteiger partial charge on any atom is 0.325 e. The minimum Gasteiger partial charge on any atom is -0.390 e. The third-order valence-corrected chi connectivity index (χ3v) is 5.81. The second-order valence-electron chi connectivity index (χ2n) is 6.86. The maximum atomic E-state index is 12.6. The summed E-state index contributed by atoms with van der Waals surface area (Å²) < 4.78 is 5.67. The number of rotatable bonds is 4. The van der Waals surface area contributed by atoms with E-state index in [1.165, 1.54) is 4.90 Å². The van der Waals surface area contributed by atoms with Crippen LogP contribution in [0.2, 0.25) is 0 Å². The van der Waals surface area contributed by atoms with Gasteiger partial charge in [-0.15, -0.1) is 0 Å². The number of urea groups is 1. The van der Waals surface area contributed by atoms with Crippen molar-refractivity contribution in [2.24, 2.45) is 0 Å². The quantitative estimate of drug-likeness (QED) is 0.693. The molecule has 3 aliphatic rings. The van der Waals surface area contributed by atoms with E-state index in [4.69, 9.17) is 4.74 Å². The maximum absolute atomic E-state index is 12.6. The average molecular weight is 343 g/mol. The highest BCUT2D eigenvalue weighted by molar-refractivity contribution is 7.99. The lowest BCUT2D eigenvalue weighted by Gasteiger charge is -2.36. The molecule has 0 radical (unpaired) electrons. The van der Waals surface area contributed by atoms with Gasteiger partial charge in [0.05, 0.1) is 24.9 Å². The minimum absolute atomic E-state index is 0.0528. The number of nitrogens with zero attached hydrogens (tertiary/aromatic N) is 2. The molecule has 3 fully saturated rings. The first-order chi connectivity index (χ1) is 10.9. The molecule has 3 saturated heterocycles. The highest BCUT2D eigenvalue weighted by Crippen LogP contribution is 2.33. The van der Waals surface area contributed by atoms with Gasteiger partial charge >= 0.3 is 6.03 Å². The molecule has 0 unspecified atom stereocenters. The number of β-amino-alcohol motifs (C(OH)–C–C–N with tert-alkyl or cyclic N) is 1. The highest BCUT2D eigenvalue weighted by Gasteiger charge is 2.53. The van der Waals surface area contributed by atoms with Gasteiger partial charge in [-0.3, -0.25) is 14.6 Å². The number of amides is 3. The number of ether oxygens (including phenoxy) is 1. The molecule has 3 rings (SSSR count). The molecule has 0 saturated carbocycles. The molecule has 23 heavy (non-hydrogen) atoms. The second kappa shape index (κ2) is 6.58. The number of aliphatic hydroxyl groups excluding tert-OH is 1. The van der Waals surface area contributed by atoms with E-state index in [2.05, 4.69) is 10.2 Å². The standard InChI is InChI=1S/C15H25N3O4S/c1-10-5-17(6-11(2)22-10)7-12(19)8-18-13(20)15(16-14(18)21)3-4-23-9-15/h10-12,19H,3-9H2,1-2H3,(H,16,21)/t10-,11-,12+,15+/m1/s1. The molecule has 0 aromatic rings. The van der Waals surface area contributed by atoms with Gasteiger partial charge in [-0.05, 0) is 26.0 Å². The molecule has 3 heterocycles. The minimum atomic E-state index is -0.744. The van der Waals surface area contributed by atoms with Crippen LogP contribution in [0.4, 0.5) is 4.79 Å². The second-order valence-corrected chi connectivity index (χ2v) is 7.97. The van der Waals surface area contributed by atoms with Crippen LogP contribution < -0.4 is 5.32 Å². The van der Waals surface area contributed by atoms with Gasteiger partial charge in [0.25, 0.3) is 5.91 Å². The highest BCUT2D eigenvalue weighted by atomic mass is 32.2. The molecule has 130 valence electrons. The molecule has 1 spiro atoms. The molecule has 0 aromatic heterocycles. The first kappa shape index (κ1) is 17.0. The number of carbonyl (C=O) groups excluding carboxylic acids is 2. The van der Waals surface area contributed by atoms with Crippen molar-refractivity contribution in [2.75, 3.05) is 37.7 Å². The van der Waals surface area contributed by atoms with Gasteiger partial charge in [-0.2, -0.15) is 11.8 Å². The molecule has 3 aliphatic heterocycles. The number of thioether (sulfide) groups is 1. The molecule has 0 aromatic carbocycles. The summed E-state index contributed by atoms with van der Waals surface area (Å²) in [5, 5.41) is 13.2. The number of imide groups is 1. The molecular formula is C15H25N3O4S. The van der Waals surface area contributed by atoms with Crippen molar-refractivity contribution in [1.29, 1.82) is 0 Å². The Hall–Kier alpha value is -0.830. The van der Waals surface area contributed by atoms with E-state index >= 15 is 0 Å². The van der Waals surface area contributed by atoms with Gasteiger partial charge in [-0.1, -0.05) is 0 Å². The first-order valence-electron chi connectivity index (χ1n) is 8.17. The van der Waals surface area contributed by atoms with Crippen LogP contribution in [0.25, 0.3) is 0 Å². The van der Waals surface area contributed by atoms with Crippen molar-refractivity contribution in [3.8, 4) is 0 Å². The number of hydrogen-bond donors (Lipinski definition) is 2. The van der Waals surface area contributed by atoms with E-state index < -0.39 is 11.6 Å². The summed E-state index contributed by atoms with van der Waals surface area (Å²) in [6.07, 6.45) is 0.183. The van der Waals surface area contributed by atoms with E-state index in [1.807, 2.05) is 13.8 Å². The molecule has 0 aliphatic carbocycles. The van der Waals surface area contributed by atoms with Crippen LogP contribution in [-0.2, 0) is 9.53 Å². The van der Waals surface area contributed by atoms with Crippen molar-refractivity contribution in [3.63, 3.8) is 0 Å². The Kier molecular flexibility index (Phi) is 4.87. The Morgan fingerprint density at radius 2 is 2.04 bits per heavy atom. The number of hydrogen-bond acceptors (Lipinski definition) is 6. The summed E-state index contributed by atoms with van der Waals surface area (Å²) in [5.41, 5.74) is -0.733. The average Bonchev–Trinajstić information content (AvgIpc) is 2.99. The third-order valence-electron chi connectivity index (χ3n) is 4.63. The zero-order valence-electron chi connectivity index (χ0n) is 13.7. The van der Waals surface area contributed by atoms with E-state index in [1.54, 1.807) is 11.8 Å². The summed E-state index contributed by atoms with van der Waals surface area (Å²) in [5.74, 6) is 1.32. The Bertz CT molecular complexity index is 473. The van der Waals surface area contributed by atoms with Crippen LogP contribution in [0, 0.1) is 0 Å². The molecule has 4 atom stereocenters. The molecular weight excluding hydrogens is 318 g/mol. The summed E-state index contributed by atoms with van der Waals surface area (Å²) in [7, 11) is 0. The molecule has 8 heteroatoms. The largest absolute Gasteiger partial charge is 0.390 e. The van der Waals surface area contributed by atoms with E-state index in [0.717, 1.165) is 18.8 Å². The van der Waals surface area contributed by atoms with Crippen molar-refractivity contribution >= 4 is 23.7 Å². The predicted molar refractivity (Wildman–Crippen MR) is 87.4 cm³/mol. The summed E-state index contributed by atoms with van der Waals surface area (Å²) in [6, 6.07) is -0.375. The van der Waals surface area contributed by atoms with E-state index in [-0.39, 0.29) is 30.7 Å². The van der Waals surface area contributed by atoms with Crippen LogP contribution in [-0.4, -0.2) is 88.4 Å². The van der Waals surface area contributed by atoms with E-state index in [9.17, 15) is 14.7 Å². The topological polar surface area (TPSA) is 82.1 Å². The van der Waals surface area contributed by atoms with Gasteiger partial charge in [0.1, 0.15) is 5.54 Å². The van der Waals surface area contributed by atoms with Crippen LogP contribution in [0.5, 0.6) is 0 Å². The van der Waals surface area contributed by atoms with Gasteiger partial charge < -0.3 is 15.2 Å². The Morgan fingerprint density at radius 1 is 1.35 bits per heavy atom. The van der Waals surface area contributed by atoms with Crippen LogP contribution in [0.1, 0.15) is 20.3 Å². The number of morpholine rings is 1. The fourth-order valence-corrected chi connectivity index (χ4v) is 5.00. The van der Waals surface area contributed by atoms with Crippen molar-refractivity contribution in [3.05, 3.63) is 0 Å². The normalized spacial score (nSPS) is 36.7. The fraction of sp³-hybridized carbons (Fsp3) is 0.867. The SMILES string of the molecule is C[C@@H]1CN(C[C@H](O)CN2C(=O)N[C@]3(CCSC3)C2=O)C[C@@H](C)O1. The summed E-state index contributed by atoms with van der Waals surface area (Å²) in [4.78, 5) is 28.0. The molecule has 7 nitrogen and oxygen atoms in total. The lowest BCUT2D eigenvalue weighted by Crippen LogP contribution is -2.51. The van der Waals surface area contributed by atoms with Crippen molar-refractivity contribution in [2.45, 2.75) is 44.1 Å². The number of aliphatic hydroxyl groups is 1. The van der Waals surface area contributed by atoms with Crippen molar-refractivity contribution in [1.82, 2.24) is 15.1 Å². The lowest BCUT2D eigenvalue weighted by molar-refractivity contribution is -0.132. The lowest BCUT2D eigenvalue weighted by atomic mass is 9.99. The van der Waals surface area contributed by atoms with Gasteiger partial charge in [-0.25, -0.2) is 4.79 Å². The zero-order valence-corrected chi connectivity index (χ0v) is 14.5. The Labute approximate surface area is 140 Å². The number of carbonyl (C=O) groups is 2. The molecule has 2 N–H and O–H groups in total.